The molecule has 1 unspecified atom stereocenters. The van der Waals surface area contributed by atoms with Crippen molar-refractivity contribution in [2.75, 3.05) is 13.1 Å². The van der Waals surface area contributed by atoms with Gasteiger partial charge in [-0.2, -0.15) is 0 Å². The molecule has 1 aliphatic rings. The van der Waals surface area contributed by atoms with Crippen molar-refractivity contribution in [3.8, 4) is 0 Å². The van der Waals surface area contributed by atoms with Crippen molar-refractivity contribution in [2.24, 2.45) is 0 Å². The van der Waals surface area contributed by atoms with Gasteiger partial charge < -0.3 is 9.64 Å². The summed E-state index contributed by atoms with van der Waals surface area (Å²) in [6.07, 6.45) is -0.983. The SMILES string of the molecule is Cc1cc(S(=O)(=O)NCC2CN(C(C)C)C(=O)O2)ccc1F. The van der Waals surface area contributed by atoms with Crippen LogP contribution in [0.25, 0.3) is 0 Å². The molecule has 122 valence electrons. The summed E-state index contributed by atoms with van der Waals surface area (Å²) in [5, 5.41) is 0. The Labute approximate surface area is 129 Å². The Bertz CT molecular complexity index is 675. The van der Waals surface area contributed by atoms with Crippen LogP contribution in [-0.2, 0) is 14.8 Å². The van der Waals surface area contributed by atoms with Crippen molar-refractivity contribution in [1.29, 1.82) is 0 Å². The molecule has 1 amide bonds. The molecule has 1 atom stereocenters. The minimum Gasteiger partial charge on any atom is -0.443 e. The maximum absolute atomic E-state index is 13.2. The van der Waals surface area contributed by atoms with Crippen LogP contribution in [0.1, 0.15) is 19.4 Å². The lowest BCUT2D eigenvalue weighted by atomic mass is 10.2. The molecule has 2 rings (SSSR count). The molecule has 1 aromatic rings. The van der Waals surface area contributed by atoms with Crippen molar-refractivity contribution >= 4 is 16.1 Å². The predicted molar refractivity (Wildman–Crippen MR) is 78.4 cm³/mol. The second kappa shape index (κ2) is 6.21. The first-order valence-corrected chi connectivity index (χ1v) is 8.42. The molecular formula is C14H19FN2O4S. The van der Waals surface area contributed by atoms with E-state index in [-0.39, 0.29) is 23.0 Å². The topological polar surface area (TPSA) is 75.7 Å². The van der Waals surface area contributed by atoms with Gasteiger partial charge >= 0.3 is 6.09 Å². The molecule has 1 heterocycles. The molecule has 0 saturated carbocycles. The smallest absolute Gasteiger partial charge is 0.410 e. The molecule has 22 heavy (non-hydrogen) atoms. The molecule has 0 aliphatic carbocycles. The van der Waals surface area contributed by atoms with Gasteiger partial charge in [0.2, 0.25) is 10.0 Å². The number of sulfonamides is 1. The number of hydrogen-bond donors (Lipinski definition) is 1. The first kappa shape index (κ1) is 16.7. The molecule has 6 nitrogen and oxygen atoms in total. The fourth-order valence-electron chi connectivity index (χ4n) is 2.14. The van der Waals surface area contributed by atoms with E-state index in [1.807, 2.05) is 13.8 Å². The third-order valence-corrected chi connectivity index (χ3v) is 4.89. The van der Waals surface area contributed by atoms with Gasteiger partial charge in [0.05, 0.1) is 11.4 Å². The highest BCUT2D eigenvalue weighted by molar-refractivity contribution is 7.89. The molecule has 0 radical (unpaired) electrons. The zero-order valence-corrected chi connectivity index (χ0v) is 13.5. The third kappa shape index (κ3) is 3.56. The predicted octanol–water partition coefficient (Wildman–Crippen LogP) is 1.64. The summed E-state index contributed by atoms with van der Waals surface area (Å²) >= 11 is 0. The largest absolute Gasteiger partial charge is 0.443 e. The summed E-state index contributed by atoms with van der Waals surface area (Å²) in [5.74, 6) is -0.462. The standard InChI is InChI=1S/C14H19FN2O4S/c1-9(2)17-8-11(21-14(17)18)7-16-22(19,20)12-4-5-13(15)10(3)6-12/h4-6,9,11,16H,7-8H2,1-3H3. The average Bonchev–Trinajstić information content (AvgIpc) is 2.81. The maximum atomic E-state index is 13.2. The fraction of sp³-hybridized carbons (Fsp3) is 0.500. The van der Waals surface area contributed by atoms with E-state index in [0.29, 0.717) is 6.54 Å². The Morgan fingerprint density at radius 2 is 2.14 bits per heavy atom. The van der Waals surface area contributed by atoms with Gasteiger partial charge in [-0.05, 0) is 44.5 Å². The van der Waals surface area contributed by atoms with E-state index in [4.69, 9.17) is 4.74 Å². The van der Waals surface area contributed by atoms with E-state index in [1.54, 1.807) is 0 Å². The number of benzene rings is 1. The number of ether oxygens (including phenoxy) is 1. The molecule has 1 saturated heterocycles. The number of nitrogens with one attached hydrogen (secondary N) is 1. The number of rotatable bonds is 5. The maximum Gasteiger partial charge on any atom is 0.410 e. The van der Waals surface area contributed by atoms with Crippen molar-refractivity contribution in [2.45, 2.75) is 37.8 Å². The number of cyclic esters (lactones) is 1. The van der Waals surface area contributed by atoms with Crippen molar-refractivity contribution in [3.63, 3.8) is 0 Å². The minimum atomic E-state index is -3.77. The van der Waals surface area contributed by atoms with Crippen LogP contribution in [0.15, 0.2) is 23.1 Å². The Morgan fingerprint density at radius 3 is 2.68 bits per heavy atom. The van der Waals surface area contributed by atoms with Gasteiger partial charge in [-0.15, -0.1) is 0 Å². The van der Waals surface area contributed by atoms with Crippen LogP contribution in [-0.4, -0.2) is 44.6 Å². The number of carbonyl (C=O) groups is 1. The van der Waals surface area contributed by atoms with E-state index in [1.165, 1.54) is 24.0 Å². The summed E-state index contributed by atoms with van der Waals surface area (Å²) in [7, 11) is -3.77. The fourth-order valence-corrected chi connectivity index (χ4v) is 3.29. The minimum absolute atomic E-state index is 0.00569. The van der Waals surface area contributed by atoms with Crippen LogP contribution in [0, 0.1) is 12.7 Å². The average molecular weight is 330 g/mol. The molecule has 1 N–H and O–H groups in total. The first-order valence-electron chi connectivity index (χ1n) is 6.94. The van der Waals surface area contributed by atoms with Crippen LogP contribution in [0.4, 0.5) is 9.18 Å². The van der Waals surface area contributed by atoms with Gasteiger partial charge in [0.1, 0.15) is 11.9 Å². The Hall–Kier alpha value is -1.67. The summed E-state index contributed by atoms with van der Waals surface area (Å²) in [6.45, 7) is 5.52. The van der Waals surface area contributed by atoms with Crippen molar-refractivity contribution in [3.05, 3.63) is 29.6 Å². The Morgan fingerprint density at radius 1 is 1.45 bits per heavy atom. The Kier molecular flexibility index (Phi) is 4.72. The lowest BCUT2D eigenvalue weighted by Gasteiger charge is -2.16. The molecule has 0 spiro atoms. The van der Waals surface area contributed by atoms with Crippen LogP contribution < -0.4 is 4.72 Å². The van der Waals surface area contributed by atoms with Crippen LogP contribution in [0.2, 0.25) is 0 Å². The summed E-state index contributed by atoms with van der Waals surface area (Å²) in [6, 6.07) is 3.57. The molecule has 1 fully saturated rings. The van der Waals surface area contributed by atoms with E-state index in [9.17, 15) is 17.6 Å². The number of hydrogen-bond acceptors (Lipinski definition) is 4. The molecular weight excluding hydrogens is 311 g/mol. The highest BCUT2D eigenvalue weighted by atomic mass is 32.2. The normalized spacial score (nSPS) is 18.9. The molecule has 1 aliphatic heterocycles. The molecule has 8 heteroatoms. The highest BCUT2D eigenvalue weighted by Gasteiger charge is 2.33. The van der Waals surface area contributed by atoms with Crippen molar-refractivity contribution < 1.29 is 22.3 Å². The zero-order chi connectivity index (χ0) is 16.5. The number of amides is 1. The van der Waals surface area contributed by atoms with Gasteiger partial charge in [0.15, 0.2) is 0 Å². The second-order valence-corrected chi connectivity index (χ2v) is 7.28. The quantitative estimate of drug-likeness (QED) is 0.890. The van der Waals surface area contributed by atoms with Gasteiger partial charge in [-0.3, -0.25) is 0 Å². The summed E-state index contributed by atoms with van der Waals surface area (Å²) < 4.78 is 45.0. The van der Waals surface area contributed by atoms with E-state index in [2.05, 4.69) is 4.72 Å². The van der Waals surface area contributed by atoms with Gasteiger partial charge in [0.25, 0.3) is 0 Å². The second-order valence-electron chi connectivity index (χ2n) is 5.51. The first-order chi connectivity index (χ1) is 10.2. The van der Waals surface area contributed by atoms with E-state index < -0.39 is 28.0 Å². The van der Waals surface area contributed by atoms with Gasteiger partial charge in [-0.25, -0.2) is 22.3 Å². The lowest BCUT2D eigenvalue weighted by Crippen LogP contribution is -2.36. The number of halogens is 1. The van der Waals surface area contributed by atoms with E-state index >= 15 is 0 Å². The number of nitrogens with zero attached hydrogens (tertiary/aromatic N) is 1. The van der Waals surface area contributed by atoms with Crippen LogP contribution in [0.3, 0.4) is 0 Å². The molecule has 0 aromatic heterocycles. The van der Waals surface area contributed by atoms with E-state index in [0.717, 1.165) is 6.07 Å². The Balaban J connectivity index is 2.02. The van der Waals surface area contributed by atoms with Gasteiger partial charge in [0, 0.05) is 12.6 Å². The van der Waals surface area contributed by atoms with Crippen LogP contribution in [0.5, 0.6) is 0 Å². The van der Waals surface area contributed by atoms with Gasteiger partial charge in [-0.1, -0.05) is 0 Å². The highest BCUT2D eigenvalue weighted by Crippen LogP contribution is 2.16. The lowest BCUT2D eigenvalue weighted by molar-refractivity contribution is 0.130. The zero-order valence-electron chi connectivity index (χ0n) is 12.7. The van der Waals surface area contributed by atoms with Crippen LogP contribution >= 0.6 is 0 Å². The third-order valence-electron chi connectivity index (χ3n) is 3.47. The molecule has 1 aromatic carbocycles. The monoisotopic (exact) mass is 330 g/mol. The van der Waals surface area contributed by atoms with Crippen molar-refractivity contribution in [1.82, 2.24) is 9.62 Å². The number of aryl methyl sites for hydroxylation is 1. The molecule has 0 bridgehead atoms. The number of carbonyl (C=O) groups excluding carboxylic acids is 1. The summed E-state index contributed by atoms with van der Waals surface area (Å²) in [4.78, 5) is 13.1. The summed E-state index contributed by atoms with van der Waals surface area (Å²) in [5.41, 5.74) is 0.251.